The topological polar surface area (TPSA) is 341 Å². The van der Waals surface area contributed by atoms with Crippen LogP contribution in [0.4, 0.5) is 0 Å². The molecule has 0 radical (unpaired) electrons. The van der Waals surface area contributed by atoms with Crippen molar-refractivity contribution in [2.24, 2.45) is 39.4 Å². The van der Waals surface area contributed by atoms with Gasteiger partial charge in [0.1, 0.15) is 97.2 Å². The fraction of sp³-hybridized carbons (Fsp3) is 0.944. The lowest BCUT2D eigenvalue weighted by Crippen LogP contribution is -2.67. The molecule has 77 heavy (non-hydrogen) atoms. The van der Waals surface area contributed by atoms with Gasteiger partial charge in [0.2, 0.25) is 0 Å². The molecule has 4 aliphatic carbocycles. The van der Waals surface area contributed by atoms with E-state index in [2.05, 4.69) is 54.5 Å². The zero-order valence-corrected chi connectivity index (χ0v) is 45.4. The van der Waals surface area contributed by atoms with Crippen LogP contribution in [0.15, 0.2) is 11.6 Å². The average molecular weight is 1100 g/mol. The van der Waals surface area contributed by atoms with Crippen LogP contribution in [0.25, 0.3) is 0 Å². The van der Waals surface area contributed by atoms with Crippen LogP contribution in [0.3, 0.4) is 0 Å². The van der Waals surface area contributed by atoms with E-state index in [4.69, 9.17) is 52.1 Å². The van der Waals surface area contributed by atoms with Crippen molar-refractivity contribution in [1.29, 1.82) is 0 Å². The highest BCUT2D eigenvalue weighted by Gasteiger charge is 2.78. The second-order valence-corrected chi connectivity index (χ2v) is 25.8. The van der Waals surface area contributed by atoms with Crippen molar-refractivity contribution in [2.45, 2.75) is 246 Å². The van der Waals surface area contributed by atoms with Crippen molar-refractivity contribution in [3.63, 3.8) is 0 Å². The van der Waals surface area contributed by atoms with Crippen molar-refractivity contribution in [3.05, 3.63) is 11.6 Å². The molecule has 1 spiro atoms. The first-order valence-electron chi connectivity index (χ1n) is 27.9. The molecule has 10 aliphatic rings. The lowest BCUT2D eigenvalue weighted by molar-refractivity contribution is -0.392. The molecule has 23 heteroatoms. The molecule has 9 fully saturated rings. The quantitative estimate of drug-likeness (QED) is 0.0586. The highest BCUT2D eigenvalue weighted by atomic mass is 16.8. The third-order valence-electron chi connectivity index (χ3n) is 21.0. The van der Waals surface area contributed by atoms with Crippen LogP contribution >= 0.6 is 0 Å². The van der Waals surface area contributed by atoms with Crippen molar-refractivity contribution >= 4 is 5.97 Å². The number of cyclic esters (lactones) is 1. The van der Waals surface area contributed by atoms with Crippen LogP contribution in [-0.4, -0.2) is 236 Å². The second kappa shape index (κ2) is 21.2. The minimum Gasteiger partial charge on any atom is -0.456 e. The Morgan fingerprint density at radius 2 is 1.18 bits per heavy atom. The second-order valence-electron chi connectivity index (χ2n) is 25.8. The Labute approximate surface area is 448 Å². The summed E-state index contributed by atoms with van der Waals surface area (Å²) in [5.74, 6) is 0.278. The number of methoxy groups -OCH3 is 1. The van der Waals surface area contributed by atoms with Crippen LogP contribution in [-0.2, 0) is 56.9 Å². The molecule has 3 saturated carbocycles. The molecule has 6 saturated heterocycles. The molecule has 10 rings (SSSR count). The van der Waals surface area contributed by atoms with Gasteiger partial charge < -0.3 is 108 Å². The van der Waals surface area contributed by atoms with Gasteiger partial charge in [-0.3, -0.25) is 4.79 Å². The molecular weight excluding hydrogens is 1020 g/mol. The number of aliphatic hydroxyl groups is 11. The number of carbonyl (C=O) groups is 1. The summed E-state index contributed by atoms with van der Waals surface area (Å²) >= 11 is 0. The molecule has 6 heterocycles. The van der Waals surface area contributed by atoms with E-state index in [9.17, 15) is 61.0 Å². The molecule has 6 aliphatic heterocycles. The summed E-state index contributed by atoms with van der Waals surface area (Å²) in [6, 6.07) is 0. The van der Waals surface area contributed by atoms with Gasteiger partial charge in [-0.05, 0) is 107 Å². The molecule has 11 N–H and O–H groups in total. The zero-order valence-electron chi connectivity index (χ0n) is 45.4. The number of hydrogen-bond donors (Lipinski definition) is 11. The first-order valence-corrected chi connectivity index (χ1v) is 27.9. The number of rotatable bonds is 13. The standard InChI is InChI=1S/C54H86O23/c1-49(2)15-13-32(76-49)53(7)30-12-17-52(6)24-9-10-29-50(3,4)31(14-16-51(29,5)23(24)11-18-54(30,52)48(66)77-53)72-47-43(33(59)25(58)22-68-47)75-44-37(63)36(62)40(28(21-57)71-44)73-46-39(65)42(35(61)27(20-56)70-46)74-45-38(64)41(67-8)34(60)26(19-55)69-45/h11,24-47,55-65H,9-10,12-22H2,1-8H3/t24-,25-,26-,27-,28-,29+,30-,31+,32?,33+,34-,35-,36-,37-,38-,39-,40-,41+,42+,43-,44+,45+,46+,47+,51-,52+,53-,54-/m1/s1. The van der Waals surface area contributed by atoms with E-state index in [-0.39, 0.29) is 52.9 Å². The van der Waals surface area contributed by atoms with Crippen molar-refractivity contribution < 1.29 is 113 Å². The number of aliphatic hydroxyl groups excluding tert-OH is 11. The first-order chi connectivity index (χ1) is 36.3. The van der Waals surface area contributed by atoms with E-state index in [0.29, 0.717) is 12.8 Å². The normalized spacial score (nSPS) is 54.2. The van der Waals surface area contributed by atoms with Crippen LogP contribution in [0.2, 0.25) is 0 Å². The summed E-state index contributed by atoms with van der Waals surface area (Å²) in [4.78, 5) is 14.5. The summed E-state index contributed by atoms with van der Waals surface area (Å²) < 4.78 is 66.3. The Hall–Kier alpha value is -1.63. The smallest absolute Gasteiger partial charge is 0.314 e. The Morgan fingerprint density at radius 1 is 0.584 bits per heavy atom. The summed E-state index contributed by atoms with van der Waals surface area (Å²) in [6.45, 7) is 12.6. The predicted molar refractivity (Wildman–Crippen MR) is 261 cm³/mol. The van der Waals surface area contributed by atoms with Crippen molar-refractivity contribution in [2.75, 3.05) is 33.5 Å². The maximum atomic E-state index is 14.5. The van der Waals surface area contributed by atoms with Gasteiger partial charge in [-0.15, -0.1) is 0 Å². The number of allylic oxidation sites excluding steroid dienone is 2. The Kier molecular flexibility index (Phi) is 16.1. The van der Waals surface area contributed by atoms with E-state index in [1.807, 2.05) is 0 Å². The third-order valence-corrected chi connectivity index (χ3v) is 21.0. The molecule has 28 atom stereocenters. The molecule has 1 unspecified atom stereocenters. The monoisotopic (exact) mass is 1100 g/mol. The largest absolute Gasteiger partial charge is 0.456 e. The Bertz CT molecular complexity index is 2150. The summed E-state index contributed by atoms with van der Waals surface area (Å²) in [7, 11) is 1.19. The summed E-state index contributed by atoms with van der Waals surface area (Å²) in [5, 5.41) is 120. The molecule has 440 valence electrons. The highest BCUT2D eigenvalue weighted by molar-refractivity contribution is 5.83. The maximum Gasteiger partial charge on any atom is 0.314 e. The lowest BCUT2D eigenvalue weighted by Gasteiger charge is -2.63. The molecule has 0 amide bonds. The fourth-order valence-corrected chi connectivity index (χ4v) is 16.7. The molecule has 0 aromatic heterocycles. The van der Waals surface area contributed by atoms with Gasteiger partial charge in [-0.25, -0.2) is 0 Å². The van der Waals surface area contributed by atoms with Crippen LogP contribution < -0.4 is 0 Å². The number of esters is 1. The first kappa shape index (κ1) is 58.6. The van der Waals surface area contributed by atoms with Gasteiger partial charge in [-0.2, -0.15) is 0 Å². The van der Waals surface area contributed by atoms with Gasteiger partial charge in [0.05, 0.1) is 49.7 Å². The van der Waals surface area contributed by atoms with Crippen molar-refractivity contribution in [1.82, 2.24) is 0 Å². The van der Waals surface area contributed by atoms with Crippen LogP contribution in [0.5, 0.6) is 0 Å². The minimum atomic E-state index is -1.98. The third kappa shape index (κ3) is 9.24. The van der Waals surface area contributed by atoms with Crippen LogP contribution in [0.1, 0.15) is 106 Å². The fourth-order valence-electron chi connectivity index (χ4n) is 16.7. The van der Waals surface area contributed by atoms with Gasteiger partial charge >= 0.3 is 5.97 Å². The number of fused-ring (bicyclic) bond motifs is 4. The van der Waals surface area contributed by atoms with Crippen LogP contribution in [0, 0.1) is 39.4 Å². The molecule has 0 bridgehead atoms. The van der Waals surface area contributed by atoms with E-state index >= 15 is 0 Å². The highest BCUT2D eigenvalue weighted by Crippen LogP contribution is 2.76. The van der Waals surface area contributed by atoms with Gasteiger partial charge in [0, 0.05) is 13.0 Å². The Balaban J connectivity index is 0.817. The summed E-state index contributed by atoms with van der Waals surface area (Å²) in [5.41, 5.74) is -1.20. The van der Waals surface area contributed by atoms with Gasteiger partial charge in [0.15, 0.2) is 25.2 Å². The molecule has 23 nitrogen and oxygen atoms in total. The average Bonchev–Trinajstić information content (AvgIpc) is 4.24. The molecule has 0 aromatic carbocycles. The number of ether oxygens (including phenoxy) is 11. The van der Waals surface area contributed by atoms with E-state index < -0.39 is 159 Å². The number of hydrogen-bond acceptors (Lipinski definition) is 23. The van der Waals surface area contributed by atoms with E-state index in [1.54, 1.807) is 0 Å². The Morgan fingerprint density at radius 3 is 1.81 bits per heavy atom. The zero-order chi connectivity index (χ0) is 55.7. The molecule has 0 aromatic rings. The van der Waals surface area contributed by atoms with Gasteiger partial charge in [0.25, 0.3) is 0 Å². The van der Waals surface area contributed by atoms with E-state index in [0.717, 1.165) is 44.9 Å². The lowest BCUT2D eigenvalue weighted by atomic mass is 9.41. The maximum absolute atomic E-state index is 14.5. The number of carbonyl (C=O) groups excluding carboxylic acids is 1. The SMILES string of the molecule is CO[C@@H]1[C@@H](O)[C@H](O[C@@H]2[C@@H](O)[C@H](O[C@H]3[C@H](O)[C@@H](O)[C@H](O[C@H]4[C@H](O[C@H]5CC[C@]6(C)C7=CC[C@]89C(=O)O[C@@](C)(C%10CCC(C)(C)O%10)[C@H]8CC[C@@]9(C)[C@@H]7CC[C@H]6C5(C)C)OC[C@@H](O)[C@@H]4O)O[C@@H]3CO)O[C@H](CO)[C@H]2O)O[C@H](CO)[C@H]1O. The minimum absolute atomic E-state index is 0.0453. The van der Waals surface area contributed by atoms with Gasteiger partial charge in [-0.1, -0.05) is 39.3 Å². The van der Waals surface area contributed by atoms with E-state index in [1.165, 1.54) is 12.7 Å². The molecular formula is C54H86O23. The van der Waals surface area contributed by atoms with Crippen molar-refractivity contribution in [3.8, 4) is 0 Å². The summed E-state index contributed by atoms with van der Waals surface area (Å²) in [6.07, 6.45) is -22.1. The predicted octanol–water partition coefficient (Wildman–Crippen LogP) is -1.20.